The summed E-state index contributed by atoms with van der Waals surface area (Å²) in [6, 6.07) is 4.80. The zero-order chi connectivity index (χ0) is 9.68. The number of aromatic hydroxyl groups is 1. The second kappa shape index (κ2) is 4.52. The maximum absolute atomic E-state index is 9.18. The highest BCUT2D eigenvalue weighted by Crippen LogP contribution is 2.24. The number of aliphatic hydroxyl groups excluding tert-OH is 1. The van der Waals surface area contributed by atoms with Gasteiger partial charge in [0.2, 0.25) is 0 Å². The predicted molar refractivity (Wildman–Crippen MR) is 50.8 cm³/mol. The normalized spacial score (nSPS) is 10.6. The SMILES string of the molecule is COc1ccc(O)cc1/C=C/CO. The van der Waals surface area contributed by atoms with E-state index in [4.69, 9.17) is 9.84 Å². The van der Waals surface area contributed by atoms with E-state index in [1.54, 1.807) is 37.5 Å². The van der Waals surface area contributed by atoms with E-state index in [2.05, 4.69) is 0 Å². The van der Waals surface area contributed by atoms with Crippen molar-refractivity contribution in [1.29, 1.82) is 0 Å². The highest BCUT2D eigenvalue weighted by atomic mass is 16.5. The van der Waals surface area contributed by atoms with Crippen LogP contribution in [0.15, 0.2) is 24.3 Å². The first-order chi connectivity index (χ1) is 6.27. The van der Waals surface area contributed by atoms with Crippen LogP contribution in [0.1, 0.15) is 5.56 Å². The van der Waals surface area contributed by atoms with Crippen molar-refractivity contribution in [2.24, 2.45) is 0 Å². The van der Waals surface area contributed by atoms with Crippen LogP contribution in [-0.2, 0) is 0 Å². The first-order valence-corrected chi connectivity index (χ1v) is 3.92. The van der Waals surface area contributed by atoms with E-state index >= 15 is 0 Å². The van der Waals surface area contributed by atoms with Gasteiger partial charge in [-0.1, -0.05) is 12.2 Å². The van der Waals surface area contributed by atoms with Crippen molar-refractivity contribution in [2.75, 3.05) is 13.7 Å². The van der Waals surface area contributed by atoms with Gasteiger partial charge >= 0.3 is 0 Å². The van der Waals surface area contributed by atoms with Gasteiger partial charge in [-0.05, 0) is 18.2 Å². The Labute approximate surface area is 76.9 Å². The first-order valence-electron chi connectivity index (χ1n) is 3.92. The highest BCUT2D eigenvalue weighted by Gasteiger charge is 1.99. The smallest absolute Gasteiger partial charge is 0.126 e. The van der Waals surface area contributed by atoms with Gasteiger partial charge in [-0.2, -0.15) is 0 Å². The monoisotopic (exact) mass is 180 g/mol. The van der Waals surface area contributed by atoms with Gasteiger partial charge in [0, 0.05) is 5.56 Å². The fraction of sp³-hybridized carbons (Fsp3) is 0.200. The van der Waals surface area contributed by atoms with Gasteiger partial charge in [0.25, 0.3) is 0 Å². The molecule has 3 nitrogen and oxygen atoms in total. The third kappa shape index (κ3) is 2.49. The molecule has 1 aromatic carbocycles. The third-order valence-corrected chi connectivity index (χ3v) is 1.62. The van der Waals surface area contributed by atoms with Crippen LogP contribution < -0.4 is 4.74 Å². The molecule has 3 heteroatoms. The summed E-state index contributed by atoms with van der Waals surface area (Å²) >= 11 is 0. The Bertz CT molecular complexity index is 305. The summed E-state index contributed by atoms with van der Waals surface area (Å²) in [6.45, 7) is -0.0290. The van der Waals surface area contributed by atoms with Gasteiger partial charge in [0.05, 0.1) is 13.7 Å². The van der Waals surface area contributed by atoms with Crippen LogP contribution in [-0.4, -0.2) is 23.9 Å². The molecule has 0 bridgehead atoms. The van der Waals surface area contributed by atoms with Crippen molar-refractivity contribution < 1.29 is 14.9 Å². The zero-order valence-corrected chi connectivity index (χ0v) is 7.40. The van der Waals surface area contributed by atoms with Crippen LogP contribution in [0.3, 0.4) is 0 Å². The molecule has 0 aliphatic carbocycles. The van der Waals surface area contributed by atoms with Crippen molar-refractivity contribution in [3.63, 3.8) is 0 Å². The number of phenols is 1. The van der Waals surface area contributed by atoms with Gasteiger partial charge in [0.15, 0.2) is 0 Å². The van der Waals surface area contributed by atoms with Gasteiger partial charge < -0.3 is 14.9 Å². The van der Waals surface area contributed by atoms with Crippen molar-refractivity contribution in [3.8, 4) is 11.5 Å². The quantitative estimate of drug-likeness (QED) is 0.739. The highest BCUT2D eigenvalue weighted by molar-refractivity contribution is 5.59. The molecular formula is C10H12O3. The van der Waals surface area contributed by atoms with Crippen LogP contribution in [0.2, 0.25) is 0 Å². The van der Waals surface area contributed by atoms with Crippen LogP contribution in [0, 0.1) is 0 Å². The average Bonchev–Trinajstić information content (AvgIpc) is 2.15. The zero-order valence-electron chi connectivity index (χ0n) is 7.40. The molecule has 0 atom stereocenters. The predicted octanol–water partition coefficient (Wildman–Crippen LogP) is 1.41. The van der Waals surface area contributed by atoms with Crippen molar-refractivity contribution in [3.05, 3.63) is 29.8 Å². The van der Waals surface area contributed by atoms with Crippen LogP contribution in [0.5, 0.6) is 11.5 Å². The molecule has 0 amide bonds. The summed E-state index contributed by atoms with van der Waals surface area (Å²) in [4.78, 5) is 0. The van der Waals surface area contributed by atoms with E-state index in [0.717, 1.165) is 5.56 Å². The second-order valence-electron chi connectivity index (χ2n) is 2.51. The van der Waals surface area contributed by atoms with Crippen molar-refractivity contribution in [2.45, 2.75) is 0 Å². The molecule has 0 heterocycles. The van der Waals surface area contributed by atoms with E-state index in [1.165, 1.54) is 0 Å². The summed E-state index contributed by atoms with van der Waals surface area (Å²) in [5.74, 6) is 0.848. The molecule has 0 aliphatic rings. The topological polar surface area (TPSA) is 49.7 Å². The fourth-order valence-electron chi connectivity index (χ4n) is 1.03. The number of phenolic OH excluding ortho intramolecular Hbond substituents is 1. The number of rotatable bonds is 3. The van der Waals surface area contributed by atoms with E-state index in [1.807, 2.05) is 0 Å². The van der Waals surface area contributed by atoms with Crippen molar-refractivity contribution in [1.82, 2.24) is 0 Å². The molecule has 13 heavy (non-hydrogen) atoms. The van der Waals surface area contributed by atoms with Crippen LogP contribution in [0.4, 0.5) is 0 Å². The molecule has 0 aromatic heterocycles. The molecular weight excluding hydrogens is 168 g/mol. The van der Waals surface area contributed by atoms with Gasteiger partial charge in [-0.25, -0.2) is 0 Å². The van der Waals surface area contributed by atoms with Crippen LogP contribution >= 0.6 is 0 Å². The number of hydrogen-bond donors (Lipinski definition) is 2. The molecule has 1 aromatic rings. The number of hydrogen-bond acceptors (Lipinski definition) is 3. The largest absolute Gasteiger partial charge is 0.508 e. The molecule has 0 fully saturated rings. The van der Waals surface area contributed by atoms with Crippen molar-refractivity contribution >= 4 is 6.08 Å². The lowest BCUT2D eigenvalue weighted by molar-refractivity contribution is 0.343. The minimum absolute atomic E-state index is 0.0290. The van der Waals surface area contributed by atoms with Gasteiger partial charge in [0.1, 0.15) is 11.5 Å². The average molecular weight is 180 g/mol. The number of methoxy groups -OCH3 is 1. The number of ether oxygens (including phenoxy) is 1. The van der Waals surface area contributed by atoms with E-state index in [0.29, 0.717) is 5.75 Å². The Morgan fingerprint density at radius 1 is 1.46 bits per heavy atom. The van der Waals surface area contributed by atoms with Gasteiger partial charge in [-0.3, -0.25) is 0 Å². The first kappa shape index (κ1) is 9.61. The molecule has 0 spiro atoms. The summed E-state index contributed by atoms with van der Waals surface area (Å²) in [7, 11) is 1.56. The Morgan fingerprint density at radius 2 is 2.23 bits per heavy atom. The Balaban J connectivity index is 3.01. The maximum atomic E-state index is 9.18. The summed E-state index contributed by atoms with van der Waals surface area (Å²) in [5.41, 5.74) is 0.747. The summed E-state index contributed by atoms with van der Waals surface area (Å²) in [6.07, 6.45) is 3.27. The Kier molecular flexibility index (Phi) is 3.34. The standard InChI is InChI=1S/C10H12O3/c1-13-10-5-4-9(12)7-8(10)3-2-6-11/h2-5,7,11-12H,6H2,1H3/b3-2+. The lowest BCUT2D eigenvalue weighted by atomic mass is 10.2. The summed E-state index contributed by atoms with van der Waals surface area (Å²) in [5, 5.41) is 17.8. The van der Waals surface area contributed by atoms with E-state index in [-0.39, 0.29) is 12.4 Å². The molecule has 0 saturated heterocycles. The number of aliphatic hydroxyl groups is 1. The Hall–Kier alpha value is -1.48. The van der Waals surface area contributed by atoms with E-state index < -0.39 is 0 Å². The second-order valence-corrected chi connectivity index (χ2v) is 2.51. The fourth-order valence-corrected chi connectivity index (χ4v) is 1.03. The lowest BCUT2D eigenvalue weighted by Crippen LogP contribution is -1.86. The molecule has 1 rings (SSSR count). The minimum atomic E-state index is -0.0290. The lowest BCUT2D eigenvalue weighted by Gasteiger charge is -2.04. The molecule has 0 radical (unpaired) electrons. The molecule has 2 N–H and O–H groups in total. The van der Waals surface area contributed by atoms with Crippen LogP contribution in [0.25, 0.3) is 6.08 Å². The van der Waals surface area contributed by atoms with Gasteiger partial charge in [-0.15, -0.1) is 0 Å². The van der Waals surface area contributed by atoms with E-state index in [9.17, 15) is 5.11 Å². The molecule has 70 valence electrons. The minimum Gasteiger partial charge on any atom is -0.508 e. The summed E-state index contributed by atoms with van der Waals surface area (Å²) < 4.78 is 5.05. The Morgan fingerprint density at radius 3 is 2.85 bits per heavy atom. The molecule has 0 unspecified atom stereocenters. The third-order valence-electron chi connectivity index (χ3n) is 1.62. The maximum Gasteiger partial charge on any atom is 0.126 e. The molecule has 0 saturated carbocycles. The molecule has 0 aliphatic heterocycles. The number of benzene rings is 1.